The van der Waals surface area contributed by atoms with Crippen molar-refractivity contribution in [3.05, 3.63) is 85.7 Å². The van der Waals surface area contributed by atoms with Gasteiger partial charge in [-0.15, -0.1) is 24.6 Å². The number of halogens is 2. The second kappa shape index (κ2) is 14.3. The van der Waals surface area contributed by atoms with Gasteiger partial charge in [0.1, 0.15) is 6.17 Å². The highest BCUT2D eigenvalue weighted by molar-refractivity contribution is 8.02. The molecule has 1 fully saturated rings. The number of nitrogens with one attached hydrogen (secondary N) is 1. The number of allylic oxidation sites excluding steroid dienone is 4. The van der Waals surface area contributed by atoms with Crippen LogP contribution in [0.4, 0.5) is 13.6 Å². The number of rotatable bonds is 3. The van der Waals surface area contributed by atoms with E-state index in [2.05, 4.69) is 46.8 Å². The van der Waals surface area contributed by atoms with Crippen molar-refractivity contribution in [2.45, 2.75) is 50.9 Å². The third-order valence-corrected chi connectivity index (χ3v) is 8.70. The second-order valence-corrected chi connectivity index (χ2v) is 11.3. The van der Waals surface area contributed by atoms with Crippen LogP contribution >= 0.6 is 11.8 Å². The first kappa shape index (κ1) is 31.7. The van der Waals surface area contributed by atoms with E-state index in [0.717, 1.165) is 44.8 Å². The zero-order chi connectivity index (χ0) is 31.1. The fourth-order valence-corrected chi connectivity index (χ4v) is 6.52. The van der Waals surface area contributed by atoms with Gasteiger partial charge in [-0.25, -0.2) is 13.6 Å². The average molecular weight is 614 g/mol. The highest BCUT2D eigenvalue weighted by Crippen LogP contribution is 2.38. The molecule has 228 valence electrons. The van der Waals surface area contributed by atoms with Crippen LogP contribution < -0.4 is 15.6 Å². The summed E-state index contributed by atoms with van der Waals surface area (Å²) >= 11 is 1.66. The number of amides is 1. The van der Waals surface area contributed by atoms with Gasteiger partial charge in [0.25, 0.3) is 5.91 Å². The van der Waals surface area contributed by atoms with Gasteiger partial charge in [-0.05, 0) is 60.1 Å². The first-order valence-electron chi connectivity index (χ1n) is 13.7. The molecule has 2 atom stereocenters. The van der Waals surface area contributed by atoms with Crippen LogP contribution in [-0.4, -0.2) is 48.3 Å². The lowest BCUT2D eigenvalue weighted by atomic mass is 9.96. The summed E-state index contributed by atoms with van der Waals surface area (Å²) in [5.74, 6) is -0.905. The Kier molecular flexibility index (Phi) is 10.5. The van der Waals surface area contributed by atoms with E-state index < -0.39 is 30.0 Å². The zero-order valence-electron chi connectivity index (χ0n) is 23.9. The maximum absolute atomic E-state index is 13.7. The highest BCUT2D eigenvalue weighted by Gasteiger charge is 2.38. The lowest BCUT2D eigenvalue weighted by Crippen LogP contribution is -2.57. The van der Waals surface area contributed by atoms with Gasteiger partial charge in [0.15, 0.2) is 17.3 Å². The van der Waals surface area contributed by atoms with Crippen LogP contribution in [0, 0.1) is 30.4 Å². The molecule has 6 rings (SSSR count). The van der Waals surface area contributed by atoms with Crippen LogP contribution in [0.25, 0.3) is 0 Å². The molecule has 0 spiro atoms. The van der Waals surface area contributed by atoms with E-state index in [4.69, 9.17) is 4.74 Å². The third kappa shape index (κ3) is 7.05. The minimum atomic E-state index is -0.936. The fourth-order valence-electron chi connectivity index (χ4n) is 5.30. The number of nitrogens with zero attached hydrogens (tertiary/aromatic N) is 2. The molecule has 1 aliphatic carbocycles. The summed E-state index contributed by atoms with van der Waals surface area (Å²) in [6.45, 7) is 2.17. The maximum atomic E-state index is 13.7. The predicted octanol–water partition coefficient (Wildman–Crippen LogP) is 5.33. The van der Waals surface area contributed by atoms with Crippen LogP contribution in [0.5, 0.6) is 5.75 Å². The molecule has 43 heavy (non-hydrogen) atoms. The Hall–Kier alpha value is -4.24. The van der Waals surface area contributed by atoms with E-state index in [9.17, 15) is 23.2 Å². The lowest BCUT2D eigenvalue weighted by molar-refractivity contribution is 0.0131. The number of hydrogen-bond acceptors (Lipinski definition) is 8. The summed E-state index contributed by atoms with van der Waals surface area (Å²) in [5, 5.41) is 0. The minimum Gasteiger partial charge on any atom is -0.451 e. The van der Waals surface area contributed by atoms with Crippen molar-refractivity contribution >= 4 is 23.8 Å². The SMILES string of the molecule is C#C.COC(=O)OCOc1c2n(ccc1=O)N[C@@H]1CC[C@@H](C)CN1C2=O.Fc1ccc2c(c1F)CSC1=C(C=CCC1)C2. The summed E-state index contributed by atoms with van der Waals surface area (Å²) in [7, 11) is 1.16. The quantitative estimate of drug-likeness (QED) is 0.282. The summed E-state index contributed by atoms with van der Waals surface area (Å²) in [6, 6.07) is 4.24. The number of benzene rings is 1. The van der Waals surface area contributed by atoms with Crippen molar-refractivity contribution in [3.8, 4) is 18.6 Å². The van der Waals surface area contributed by atoms with Crippen molar-refractivity contribution in [3.63, 3.8) is 0 Å². The fraction of sp³-hybridized carbons (Fsp3) is 0.387. The molecule has 4 aliphatic rings. The summed E-state index contributed by atoms with van der Waals surface area (Å²) in [5.41, 5.74) is 5.57. The summed E-state index contributed by atoms with van der Waals surface area (Å²) in [4.78, 5) is 38.9. The average Bonchev–Trinajstić information content (AvgIpc) is 3.22. The Bertz CT molecular complexity index is 1520. The molecule has 0 unspecified atom stereocenters. The molecule has 1 amide bonds. The standard InChI is InChI=1S/C15H19N3O6.C14H12F2S.C2H2/c1-9-3-4-11-16-18-6-5-10(19)13(23-8-24-15(21)22-2)12(18)14(20)17(11)7-9;15-12-6-5-9-7-10-3-1-2-4-13(10)17-8-11(9)14(12)16;1-2/h5-6,9,11,16H,3-4,7-8H2,1-2H3;1,3,5-6H,2,4,7-8H2;1-2H/t9-,11+;;/m1../s1. The number of fused-ring (bicyclic) bond motifs is 3. The molecule has 1 saturated heterocycles. The van der Waals surface area contributed by atoms with Gasteiger partial charge in [0, 0.05) is 30.1 Å². The maximum Gasteiger partial charge on any atom is 0.510 e. The van der Waals surface area contributed by atoms with Crippen molar-refractivity contribution in [1.29, 1.82) is 0 Å². The first-order chi connectivity index (χ1) is 20.8. The number of aromatic nitrogens is 1. The Balaban J connectivity index is 0.000000195. The van der Waals surface area contributed by atoms with Crippen molar-refractivity contribution in [2.75, 3.05) is 25.9 Å². The highest BCUT2D eigenvalue weighted by atomic mass is 32.2. The van der Waals surface area contributed by atoms with Gasteiger partial charge in [-0.3, -0.25) is 14.3 Å². The molecule has 2 aromatic rings. The lowest BCUT2D eigenvalue weighted by Gasteiger charge is -2.43. The molecule has 1 aromatic heterocycles. The number of terminal acetylenes is 1. The molecule has 12 heteroatoms. The van der Waals surface area contributed by atoms with Gasteiger partial charge in [-0.2, -0.15) is 0 Å². The van der Waals surface area contributed by atoms with Crippen molar-refractivity contribution in [1.82, 2.24) is 9.58 Å². The smallest absolute Gasteiger partial charge is 0.451 e. The number of ether oxygens (including phenoxy) is 3. The monoisotopic (exact) mass is 613 g/mol. The van der Waals surface area contributed by atoms with E-state index >= 15 is 0 Å². The Labute approximate surface area is 252 Å². The molecule has 0 bridgehead atoms. The van der Waals surface area contributed by atoms with Crippen LogP contribution in [0.1, 0.15) is 54.2 Å². The third-order valence-electron chi connectivity index (χ3n) is 7.45. The number of carbonyl (C=O) groups is 2. The van der Waals surface area contributed by atoms with Crippen LogP contribution in [0.2, 0.25) is 0 Å². The van der Waals surface area contributed by atoms with Gasteiger partial charge < -0.3 is 24.5 Å². The number of pyridine rings is 1. The number of thioether (sulfide) groups is 1. The number of hydrogen-bond donors (Lipinski definition) is 1. The Morgan fingerprint density at radius 1 is 1.19 bits per heavy atom. The molecule has 9 nitrogen and oxygen atoms in total. The van der Waals surface area contributed by atoms with Gasteiger partial charge in [0.2, 0.25) is 18.0 Å². The van der Waals surface area contributed by atoms with Gasteiger partial charge >= 0.3 is 6.16 Å². The van der Waals surface area contributed by atoms with E-state index in [1.54, 1.807) is 22.7 Å². The number of piperidine rings is 1. The van der Waals surface area contributed by atoms with Crippen LogP contribution in [0.15, 0.2) is 51.8 Å². The predicted molar refractivity (Wildman–Crippen MR) is 159 cm³/mol. The molecule has 3 aliphatic heterocycles. The second-order valence-electron chi connectivity index (χ2n) is 10.2. The molecule has 4 heterocycles. The topological polar surface area (TPSA) is 99.1 Å². The summed E-state index contributed by atoms with van der Waals surface area (Å²) in [6.07, 6.45) is 17.4. The molecule has 1 aromatic carbocycles. The number of methoxy groups -OCH3 is 1. The molecule has 0 saturated carbocycles. The molecular weight excluding hydrogens is 580 g/mol. The van der Waals surface area contributed by atoms with E-state index in [-0.39, 0.29) is 23.5 Å². The van der Waals surface area contributed by atoms with E-state index in [1.807, 2.05) is 0 Å². The normalized spacial score (nSPS) is 19.8. The van der Waals surface area contributed by atoms with Gasteiger partial charge in [-0.1, -0.05) is 25.1 Å². The first-order valence-corrected chi connectivity index (χ1v) is 14.7. The Morgan fingerprint density at radius 2 is 1.98 bits per heavy atom. The van der Waals surface area contributed by atoms with E-state index in [0.29, 0.717) is 23.8 Å². The summed E-state index contributed by atoms with van der Waals surface area (Å²) < 4.78 is 42.6. The molecule has 0 radical (unpaired) electrons. The van der Waals surface area contributed by atoms with Crippen molar-refractivity contribution in [2.24, 2.45) is 5.92 Å². The largest absolute Gasteiger partial charge is 0.510 e. The zero-order valence-corrected chi connectivity index (χ0v) is 24.8. The van der Waals surface area contributed by atoms with E-state index in [1.165, 1.54) is 33.5 Å². The van der Waals surface area contributed by atoms with Gasteiger partial charge in [0.05, 0.1) is 7.11 Å². The minimum absolute atomic E-state index is 0.0984. The van der Waals surface area contributed by atoms with Crippen LogP contribution in [-0.2, 0) is 21.6 Å². The molecule has 1 N–H and O–H groups in total. The molecular formula is C31H33F2N3O6S. The number of carbonyl (C=O) groups excluding carboxylic acids is 2. The Morgan fingerprint density at radius 3 is 2.74 bits per heavy atom. The van der Waals surface area contributed by atoms with Crippen molar-refractivity contribution < 1.29 is 32.6 Å². The van der Waals surface area contributed by atoms with Crippen LogP contribution in [0.3, 0.4) is 0 Å².